The second kappa shape index (κ2) is 59.5. The predicted molar refractivity (Wildman–Crippen MR) is 337 cm³/mol. The molecule has 0 spiro atoms. The maximum absolute atomic E-state index is 12.8. The average Bonchev–Trinajstić information content (AvgIpc) is 3.41. The van der Waals surface area contributed by atoms with Crippen LogP contribution < -0.4 is 4.89 Å². The topological polar surface area (TPSA) is 111 Å². The van der Waals surface area contributed by atoms with E-state index in [0.29, 0.717) is 17.4 Å². The van der Waals surface area contributed by atoms with Crippen LogP contribution >= 0.6 is 7.82 Å². The number of nitrogens with zero attached hydrogens (tertiary/aromatic N) is 1. The van der Waals surface area contributed by atoms with E-state index in [9.17, 15) is 19.0 Å². The van der Waals surface area contributed by atoms with Crippen LogP contribution in [0.4, 0.5) is 0 Å². The number of rotatable bonds is 59. The molecule has 0 aromatic carbocycles. The highest BCUT2D eigenvalue weighted by Gasteiger charge is 2.22. The highest BCUT2D eigenvalue weighted by atomic mass is 31.2. The maximum Gasteiger partial charge on any atom is 0.306 e. The fourth-order valence-corrected chi connectivity index (χ4v) is 9.64. The normalized spacial score (nSPS) is 13.8. The zero-order valence-electron chi connectivity index (χ0n) is 51.8. The lowest BCUT2D eigenvalue weighted by Crippen LogP contribution is -2.37. The predicted octanol–water partition coefficient (Wildman–Crippen LogP) is 20.1. The summed E-state index contributed by atoms with van der Waals surface area (Å²) in [6.07, 6.45) is 82.0. The number of unbranched alkanes of at least 4 members (excludes halogenated alkanes) is 29. The van der Waals surface area contributed by atoms with Crippen molar-refractivity contribution in [2.24, 2.45) is 0 Å². The molecule has 9 nitrogen and oxygen atoms in total. The summed E-state index contributed by atoms with van der Waals surface area (Å²) in [5.74, 6) is -0.880. The lowest BCUT2D eigenvalue weighted by Gasteiger charge is -2.28. The third-order valence-electron chi connectivity index (χ3n) is 13.9. The molecule has 0 heterocycles. The van der Waals surface area contributed by atoms with Crippen molar-refractivity contribution < 1.29 is 42.1 Å². The number of quaternary nitrogens is 1. The standard InChI is InChI=1S/C69H122NO8P/c1-6-8-10-12-14-16-18-20-22-24-26-28-30-32-34-36-37-39-41-43-45-47-49-51-53-55-57-59-61-68(71)75-65-67(66-77-79(73,74)76-64-63-70(3,4)5)78-69(72)62-60-58-56-54-52-50-48-46-44-42-40-38-35-33-31-29-27-25-23-21-19-17-15-13-11-9-7-2/h9,11,15,17,21,23,27,29,33,35,40,42,46,48,52,54,67H,6-8,10,12-14,16,18-20,22,24-26,28,30-32,34,36-39,41,43-45,47,49-51,53,55-66H2,1-5H3/b11-9-,17-15-,23-21-,29-27-,35-33-,42-40-,48-46-,54-52-. The first-order chi connectivity index (χ1) is 38.5. The molecule has 0 radical (unpaired) electrons. The Kier molecular flexibility index (Phi) is 57.2. The number of carbonyl (C=O) groups excluding carboxylic acids is 2. The minimum Gasteiger partial charge on any atom is -0.756 e. The third kappa shape index (κ3) is 64.0. The van der Waals surface area contributed by atoms with Crippen LogP contribution in [-0.4, -0.2) is 70.0 Å². The Bertz CT molecular complexity index is 1650. The van der Waals surface area contributed by atoms with Gasteiger partial charge < -0.3 is 27.9 Å². The van der Waals surface area contributed by atoms with Crippen LogP contribution in [0.25, 0.3) is 0 Å². The van der Waals surface area contributed by atoms with Crippen LogP contribution in [0.1, 0.15) is 277 Å². The Balaban J connectivity index is 4.18. The Hall–Kier alpha value is -3.07. The van der Waals surface area contributed by atoms with Crippen LogP contribution in [-0.2, 0) is 32.7 Å². The SMILES string of the molecule is CC/C=C\C/C=C\C/C=C\C/C=C\C/C=C\C/C=C\C/C=C\C/C=C\CCCCC(=O)OC(COC(=O)CCCCCCCCCCCCCCCCCCCCCCCCCCCCCC)COP(=O)([O-])OCC[N+](C)(C)C. The summed E-state index contributed by atoms with van der Waals surface area (Å²) in [6.45, 7) is 4.10. The highest BCUT2D eigenvalue weighted by Crippen LogP contribution is 2.38. The van der Waals surface area contributed by atoms with Gasteiger partial charge in [0.25, 0.3) is 7.82 Å². The Labute approximate surface area is 487 Å². The van der Waals surface area contributed by atoms with E-state index in [1.54, 1.807) is 0 Å². The molecule has 79 heavy (non-hydrogen) atoms. The Morgan fingerprint density at radius 2 is 0.722 bits per heavy atom. The molecule has 0 bridgehead atoms. The summed E-state index contributed by atoms with van der Waals surface area (Å²) in [7, 11) is 1.13. The summed E-state index contributed by atoms with van der Waals surface area (Å²) < 4.78 is 34.2. The fourth-order valence-electron chi connectivity index (χ4n) is 8.91. The van der Waals surface area contributed by atoms with Gasteiger partial charge in [0.1, 0.15) is 19.8 Å². The lowest BCUT2D eigenvalue weighted by molar-refractivity contribution is -0.870. The van der Waals surface area contributed by atoms with E-state index in [0.717, 1.165) is 83.5 Å². The Morgan fingerprint density at radius 3 is 1.08 bits per heavy atom. The van der Waals surface area contributed by atoms with Crippen LogP contribution in [0.5, 0.6) is 0 Å². The molecule has 0 rings (SSSR count). The summed E-state index contributed by atoms with van der Waals surface area (Å²) in [6, 6.07) is 0. The van der Waals surface area contributed by atoms with Gasteiger partial charge in [-0.15, -0.1) is 0 Å². The van der Waals surface area contributed by atoms with E-state index in [1.165, 1.54) is 161 Å². The van der Waals surface area contributed by atoms with Crippen molar-refractivity contribution in [3.63, 3.8) is 0 Å². The molecule has 0 fully saturated rings. The van der Waals surface area contributed by atoms with E-state index in [1.807, 2.05) is 21.1 Å². The van der Waals surface area contributed by atoms with E-state index in [-0.39, 0.29) is 26.1 Å². The van der Waals surface area contributed by atoms with Gasteiger partial charge in [-0.2, -0.15) is 0 Å². The molecule has 2 atom stereocenters. The first-order valence-corrected chi connectivity index (χ1v) is 33.9. The maximum atomic E-state index is 12.8. The van der Waals surface area contributed by atoms with Gasteiger partial charge >= 0.3 is 11.9 Å². The summed E-state index contributed by atoms with van der Waals surface area (Å²) in [5, 5.41) is 0. The van der Waals surface area contributed by atoms with Crippen molar-refractivity contribution in [2.45, 2.75) is 283 Å². The van der Waals surface area contributed by atoms with Gasteiger partial charge in [0.15, 0.2) is 6.10 Å². The number of hydrogen-bond acceptors (Lipinski definition) is 8. The number of carbonyl (C=O) groups is 2. The van der Waals surface area contributed by atoms with Crippen LogP contribution in [0.15, 0.2) is 97.2 Å². The number of esters is 2. The molecule has 456 valence electrons. The van der Waals surface area contributed by atoms with Crippen molar-refractivity contribution in [1.82, 2.24) is 0 Å². The smallest absolute Gasteiger partial charge is 0.306 e. The zero-order chi connectivity index (χ0) is 57.7. The number of phosphoric acid groups is 1. The monoisotopic (exact) mass is 1120 g/mol. The van der Waals surface area contributed by atoms with Crippen molar-refractivity contribution in [2.75, 3.05) is 47.5 Å². The summed E-state index contributed by atoms with van der Waals surface area (Å²) in [4.78, 5) is 38.0. The molecule has 10 heteroatoms. The van der Waals surface area contributed by atoms with Crippen molar-refractivity contribution in [3.8, 4) is 0 Å². The summed E-state index contributed by atoms with van der Waals surface area (Å²) in [5.41, 5.74) is 0. The molecule has 0 aliphatic heterocycles. The van der Waals surface area contributed by atoms with Gasteiger partial charge in [-0.3, -0.25) is 14.2 Å². The van der Waals surface area contributed by atoms with Gasteiger partial charge in [-0.05, 0) is 77.0 Å². The Morgan fingerprint density at radius 1 is 0.405 bits per heavy atom. The zero-order valence-corrected chi connectivity index (χ0v) is 52.7. The molecule has 0 aliphatic rings. The number of ether oxygens (including phenoxy) is 2. The fraction of sp³-hybridized carbons (Fsp3) is 0.739. The molecule has 0 N–H and O–H groups in total. The van der Waals surface area contributed by atoms with Gasteiger partial charge in [-0.1, -0.05) is 284 Å². The largest absolute Gasteiger partial charge is 0.756 e. The molecule has 0 saturated carbocycles. The van der Waals surface area contributed by atoms with Crippen molar-refractivity contribution in [3.05, 3.63) is 97.2 Å². The molecule has 0 aromatic heterocycles. The van der Waals surface area contributed by atoms with Crippen LogP contribution in [0.3, 0.4) is 0 Å². The van der Waals surface area contributed by atoms with Crippen molar-refractivity contribution >= 4 is 19.8 Å². The van der Waals surface area contributed by atoms with E-state index >= 15 is 0 Å². The van der Waals surface area contributed by atoms with Crippen LogP contribution in [0, 0.1) is 0 Å². The molecule has 0 aliphatic carbocycles. The summed E-state index contributed by atoms with van der Waals surface area (Å²) >= 11 is 0. The van der Waals surface area contributed by atoms with E-state index in [2.05, 4.69) is 111 Å². The van der Waals surface area contributed by atoms with Gasteiger partial charge in [0, 0.05) is 12.8 Å². The second-order valence-electron chi connectivity index (χ2n) is 22.8. The molecule has 0 aromatic rings. The minimum absolute atomic E-state index is 0.0432. The van der Waals surface area contributed by atoms with Gasteiger partial charge in [0.05, 0.1) is 27.7 Å². The number of allylic oxidation sites excluding steroid dienone is 16. The number of phosphoric ester groups is 1. The highest BCUT2D eigenvalue weighted by molar-refractivity contribution is 7.45. The number of likely N-dealkylation sites (N-methyl/N-ethyl adjacent to an activating group) is 1. The quantitative estimate of drug-likeness (QED) is 0.0195. The average molecular weight is 1120 g/mol. The lowest BCUT2D eigenvalue weighted by atomic mass is 10.0. The van der Waals surface area contributed by atoms with Crippen LogP contribution in [0.2, 0.25) is 0 Å². The molecule has 0 saturated heterocycles. The molecular formula is C69H122NO8P. The van der Waals surface area contributed by atoms with E-state index < -0.39 is 32.5 Å². The molecular weight excluding hydrogens is 1000 g/mol. The molecule has 2 unspecified atom stereocenters. The first-order valence-electron chi connectivity index (χ1n) is 32.4. The van der Waals surface area contributed by atoms with Gasteiger partial charge in [0.2, 0.25) is 0 Å². The first kappa shape index (κ1) is 75.9. The second-order valence-corrected chi connectivity index (χ2v) is 24.2. The van der Waals surface area contributed by atoms with E-state index in [4.69, 9.17) is 18.5 Å². The molecule has 0 amide bonds. The third-order valence-corrected chi connectivity index (χ3v) is 14.8. The number of hydrogen-bond donors (Lipinski definition) is 0. The van der Waals surface area contributed by atoms with Crippen molar-refractivity contribution in [1.29, 1.82) is 0 Å². The van der Waals surface area contributed by atoms with Gasteiger partial charge in [-0.25, -0.2) is 0 Å². The minimum atomic E-state index is -4.66.